The molecule has 0 spiro atoms. The summed E-state index contributed by atoms with van der Waals surface area (Å²) in [5, 5.41) is 7.38. The molecule has 1 aromatic heterocycles. The Hall–Kier alpha value is -2.43. The molecule has 152 valence electrons. The lowest BCUT2D eigenvalue weighted by atomic mass is 10.1. The number of nitrogens with two attached hydrogens (primary N) is 1. The van der Waals surface area contributed by atoms with Crippen molar-refractivity contribution >= 4 is 0 Å². The largest absolute Gasteiger partial charge is 0.335 e. The number of likely N-dealkylation sites (tertiary alicyclic amines) is 1. The van der Waals surface area contributed by atoms with Gasteiger partial charge in [-0.25, -0.2) is 0 Å². The predicted molar refractivity (Wildman–Crippen MR) is 117 cm³/mol. The van der Waals surface area contributed by atoms with Crippen molar-refractivity contribution in [1.29, 1.82) is 0 Å². The van der Waals surface area contributed by atoms with E-state index in [9.17, 15) is 0 Å². The molecule has 2 aromatic carbocycles. The molecule has 1 fully saturated rings. The van der Waals surface area contributed by atoms with Crippen LogP contribution in [0, 0.1) is 20.8 Å². The standard InChI is InChI=1S/C25H32N4/c1-19-9-11-23(12-10-19)17-29-21(3)25(20(2)27-29)15-26-24-13-14-28(18-24)16-22-7-5-4-6-8-22/h4-12,24,26H,13-18H2,1-3H3/p+2/t24-/m0/s1. The number of quaternary nitrogens is 2. The molecule has 4 rings (SSSR count). The van der Waals surface area contributed by atoms with Gasteiger partial charge < -0.3 is 10.2 Å². The molecule has 0 bridgehead atoms. The molecule has 0 radical (unpaired) electrons. The summed E-state index contributed by atoms with van der Waals surface area (Å²) in [5.41, 5.74) is 7.97. The van der Waals surface area contributed by atoms with Crippen LogP contribution >= 0.6 is 0 Å². The normalized spacial score (nSPS) is 19.0. The summed E-state index contributed by atoms with van der Waals surface area (Å²) in [5.74, 6) is 0. The smallest absolute Gasteiger partial charge is 0.141 e. The van der Waals surface area contributed by atoms with Crippen LogP contribution in [0.3, 0.4) is 0 Å². The summed E-state index contributed by atoms with van der Waals surface area (Å²) in [6.45, 7) is 12.1. The van der Waals surface area contributed by atoms with E-state index in [1.165, 1.54) is 53.2 Å². The molecule has 2 atom stereocenters. The van der Waals surface area contributed by atoms with Crippen molar-refractivity contribution in [2.75, 3.05) is 13.1 Å². The third-order valence-corrected chi connectivity index (χ3v) is 6.36. The van der Waals surface area contributed by atoms with Gasteiger partial charge in [-0.1, -0.05) is 60.2 Å². The zero-order valence-corrected chi connectivity index (χ0v) is 18.0. The van der Waals surface area contributed by atoms with Gasteiger partial charge in [0, 0.05) is 16.8 Å². The average Bonchev–Trinajstić information content (AvgIpc) is 3.27. The van der Waals surface area contributed by atoms with Crippen LogP contribution < -0.4 is 10.2 Å². The molecule has 3 N–H and O–H groups in total. The van der Waals surface area contributed by atoms with Crippen LogP contribution in [-0.4, -0.2) is 28.9 Å². The van der Waals surface area contributed by atoms with Crippen molar-refractivity contribution in [1.82, 2.24) is 9.78 Å². The number of hydrogen-bond acceptors (Lipinski definition) is 1. The zero-order chi connectivity index (χ0) is 20.2. The van der Waals surface area contributed by atoms with Crippen molar-refractivity contribution in [3.05, 3.63) is 88.2 Å². The molecule has 0 amide bonds. The van der Waals surface area contributed by atoms with E-state index in [1.54, 1.807) is 4.90 Å². The summed E-state index contributed by atoms with van der Waals surface area (Å²) < 4.78 is 2.17. The SMILES string of the molecule is Cc1ccc(Cn2nc(C)c(C[NH2+][C@H]3CC[NH+](Cc4ccccc4)C3)c2C)cc1. The monoisotopic (exact) mass is 390 g/mol. The molecule has 4 heteroatoms. The van der Waals surface area contributed by atoms with Crippen molar-refractivity contribution in [2.45, 2.75) is 52.9 Å². The summed E-state index contributed by atoms with van der Waals surface area (Å²) in [6, 6.07) is 20.4. The molecule has 2 heterocycles. The highest BCUT2D eigenvalue weighted by atomic mass is 15.3. The Labute approximate surface area is 174 Å². The topological polar surface area (TPSA) is 38.9 Å². The van der Waals surface area contributed by atoms with Crippen LogP contribution in [0.25, 0.3) is 0 Å². The lowest BCUT2D eigenvalue weighted by Gasteiger charge is -2.13. The quantitative estimate of drug-likeness (QED) is 0.634. The van der Waals surface area contributed by atoms with Gasteiger partial charge in [0.15, 0.2) is 0 Å². The molecular weight excluding hydrogens is 356 g/mol. The highest BCUT2D eigenvalue weighted by Crippen LogP contribution is 2.14. The maximum Gasteiger partial charge on any atom is 0.141 e. The fraction of sp³-hybridized carbons (Fsp3) is 0.400. The van der Waals surface area contributed by atoms with Gasteiger partial charge in [0.1, 0.15) is 25.7 Å². The van der Waals surface area contributed by atoms with Crippen LogP contribution in [-0.2, 0) is 19.6 Å². The van der Waals surface area contributed by atoms with E-state index in [4.69, 9.17) is 5.10 Å². The Morgan fingerprint density at radius 1 is 1.00 bits per heavy atom. The van der Waals surface area contributed by atoms with Crippen molar-refractivity contribution in [3.63, 3.8) is 0 Å². The summed E-state index contributed by atoms with van der Waals surface area (Å²) in [6.07, 6.45) is 1.30. The van der Waals surface area contributed by atoms with Crippen molar-refractivity contribution < 1.29 is 10.2 Å². The predicted octanol–water partition coefficient (Wildman–Crippen LogP) is 1.78. The lowest BCUT2D eigenvalue weighted by Crippen LogP contribution is -3.10. The van der Waals surface area contributed by atoms with E-state index in [1.807, 2.05) is 0 Å². The molecule has 1 unspecified atom stereocenters. The maximum absolute atomic E-state index is 4.84. The van der Waals surface area contributed by atoms with E-state index < -0.39 is 0 Å². The Kier molecular flexibility index (Phi) is 6.12. The fourth-order valence-electron chi connectivity index (χ4n) is 4.55. The minimum atomic E-state index is 0.716. The minimum absolute atomic E-state index is 0.716. The third-order valence-electron chi connectivity index (χ3n) is 6.36. The first-order valence-corrected chi connectivity index (χ1v) is 10.9. The van der Waals surface area contributed by atoms with E-state index in [0.29, 0.717) is 6.04 Å². The van der Waals surface area contributed by atoms with Gasteiger partial charge in [-0.2, -0.15) is 5.10 Å². The van der Waals surface area contributed by atoms with E-state index in [0.717, 1.165) is 19.6 Å². The number of benzene rings is 2. The van der Waals surface area contributed by atoms with Crippen molar-refractivity contribution in [2.24, 2.45) is 0 Å². The number of rotatable bonds is 7. The molecule has 4 nitrogen and oxygen atoms in total. The maximum atomic E-state index is 4.84. The number of nitrogens with one attached hydrogen (secondary N) is 1. The number of aryl methyl sites for hydroxylation is 2. The fourth-order valence-corrected chi connectivity index (χ4v) is 4.55. The lowest BCUT2D eigenvalue weighted by molar-refractivity contribution is -0.911. The first-order chi connectivity index (χ1) is 14.1. The summed E-state index contributed by atoms with van der Waals surface area (Å²) in [4.78, 5) is 1.71. The molecule has 1 aliphatic rings. The Balaban J connectivity index is 1.33. The third kappa shape index (κ3) is 4.95. The van der Waals surface area contributed by atoms with Crippen LogP contribution in [0.5, 0.6) is 0 Å². The van der Waals surface area contributed by atoms with Crippen molar-refractivity contribution in [3.8, 4) is 0 Å². The first-order valence-electron chi connectivity index (χ1n) is 10.9. The second-order valence-corrected chi connectivity index (χ2v) is 8.65. The van der Waals surface area contributed by atoms with Crippen LogP contribution in [0.2, 0.25) is 0 Å². The van der Waals surface area contributed by atoms with Gasteiger partial charge in [0.2, 0.25) is 0 Å². The summed E-state index contributed by atoms with van der Waals surface area (Å²) in [7, 11) is 0. The highest BCUT2D eigenvalue weighted by molar-refractivity contribution is 5.26. The van der Waals surface area contributed by atoms with Crippen LogP contribution in [0.15, 0.2) is 54.6 Å². The molecule has 1 aliphatic heterocycles. The molecule has 29 heavy (non-hydrogen) atoms. The summed E-state index contributed by atoms with van der Waals surface area (Å²) >= 11 is 0. The number of hydrogen-bond donors (Lipinski definition) is 2. The zero-order valence-electron chi connectivity index (χ0n) is 18.0. The van der Waals surface area contributed by atoms with E-state index in [-0.39, 0.29) is 0 Å². The van der Waals surface area contributed by atoms with Gasteiger partial charge in [-0.05, 0) is 26.3 Å². The highest BCUT2D eigenvalue weighted by Gasteiger charge is 2.29. The molecule has 3 aromatic rings. The molecule has 1 saturated heterocycles. The molecule has 0 saturated carbocycles. The van der Waals surface area contributed by atoms with Gasteiger partial charge in [0.05, 0.1) is 25.2 Å². The molecular formula is C25H34N4+2. The van der Waals surface area contributed by atoms with Gasteiger partial charge in [-0.3, -0.25) is 4.68 Å². The number of nitrogens with zero attached hydrogens (tertiary/aromatic N) is 2. The second kappa shape index (κ2) is 8.93. The van der Waals surface area contributed by atoms with E-state index >= 15 is 0 Å². The van der Waals surface area contributed by atoms with Gasteiger partial charge in [-0.15, -0.1) is 0 Å². The van der Waals surface area contributed by atoms with Crippen LogP contribution in [0.4, 0.5) is 0 Å². The van der Waals surface area contributed by atoms with Gasteiger partial charge in [0.25, 0.3) is 0 Å². The Morgan fingerprint density at radius 2 is 1.76 bits per heavy atom. The van der Waals surface area contributed by atoms with Gasteiger partial charge >= 0.3 is 0 Å². The second-order valence-electron chi connectivity index (χ2n) is 8.65. The van der Waals surface area contributed by atoms with E-state index in [2.05, 4.69) is 85.4 Å². The average molecular weight is 391 g/mol. The Morgan fingerprint density at radius 3 is 2.52 bits per heavy atom. The number of aromatic nitrogens is 2. The first kappa shape index (κ1) is 19.9. The Bertz CT molecular complexity index is 927. The minimum Gasteiger partial charge on any atom is -0.335 e. The van der Waals surface area contributed by atoms with Crippen LogP contribution in [0.1, 0.15) is 40.1 Å². The molecule has 0 aliphatic carbocycles.